The number of carbonyl (C=O) groups excluding carboxylic acids is 1. The number of rotatable bonds is 6. The molecule has 1 saturated carbocycles. The zero-order valence-electron chi connectivity index (χ0n) is 22.9. The molecular weight excluding hydrogens is 552 g/mol. The van der Waals surface area contributed by atoms with Crippen molar-refractivity contribution in [3.63, 3.8) is 0 Å². The molecule has 2 aliphatic rings. The van der Waals surface area contributed by atoms with Crippen LogP contribution in [-0.2, 0) is 12.7 Å². The standard InChI is InChI=1S/C29H30F4N8O/c1-39-10-12-40(13-11-39)16-18-2-4-19(15-21(18)29(31,32)33)36-28(42)37-23-7-3-17(14-22(23)30)26-25-24(8-9-35-27(25)34)41(38-26)20-5-6-20/h2-4,7-9,14-15,20H,5-6,10-13,16H2,1H3,(H2,34,35)(H2,36,37,42). The SMILES string of the molecule is CN1CCN(Cc2ccc(NC(=O)Nc3ccc(-c4nn(C5CC5)c5ccnc(N)c45)cc3F)cc2C(F)(F)F)CC1. The number of fused-ring (bicyclic) bond motifs is 1. The van der Waals surface area contributed by atoms with Crippen LogP contribution in [0.25, 0.3) is 22.2 Å². The second-order valence-corrected chi connectivity index (χ2v) is 10.8. The Hall–Kier alpha value is -4.23. The second-order valence-electron chi connectivity index (χ2n) is 10.8. The highest BCUT2D eigenvalue weighted by atomic mass is 19.4. The van der Waals surface area contributed by atoms with Gasteiger partial charge in [0.05, 0.1) is 28.2 Å². The Labute approximate surface area is 239 Å². The Balaban J connectivity index is 1.18. The van der Waals surface area contributed by atoms with Crippen LogP contribution >= 0.6 is 0 Å². The molecule has 4 N–H and O–H groups in total. The number of urea groups is 1. The number of nitrogens with one attached hydrogen (secondary N) is 2. The molecule has 0 bridgehead atoms. The fraction of sp³-hybridized carbons (Fsp3) is 0.345. The van der Waals surface area contributed by atoms with Crippen LogP contribution in [0, 0.1) is 5.82 Å². The van der Waals surface area contributed by atoms with Crippen LogP contribution < -0.4 is 16.4 Å². The van der Waals surface area contributed by atoms with Crippen LogP contribution in [0.4, 0.5) is 39.5 Å². The van der Waals surface area contributed by atoms with E-state index in [0.29, 0.717) is 29.7 Å². The summed E-state index contributed by atoms with van der Waals surface area (Å²) in [5.74, 6) is -0.457. The molecule has 220 valence electrons. The van der Waals surface area contributed by atoms with Gasteiger partial charge in [-0.15, -0.1) is 0 Å². The molecule has 0 atom stereocenters. The van der Waals surface area contributed by atoms with Crippen molar-refractivity contribution in [3.05, 3.63) is 65.6 Å². The monoisotopic (exact) mass is 582 g/mol. The van der Waals surface area contributed by atoms with Gasteiger partial charge in [0.15, 0.2) is 0 Å². The minimum Gasteiger partial charge on any atom is -0.383 e. The number of likely N-dealkylation sites (N-methyl/N-ethyl adjacent to an activating group) is 1. The van der Waals surface area contributed by atoms with E-state index in [4.69, 9.17) is 5.73 Å². The molecule has 2 aromatic carbocycles. The van der Waals surface area contributed by atoms with Gasteiger partial charge in [-0.1, -0.05) is 12.1 Å². The second kappa shape index (κ2) is 10.9. The molecule has 13 heteroatoms. The Kier molecular flexibility index (Phi) is 7.23. The number of hydrogen-bond acceptors (Lipinski definition) is 6. The number of benzene rings is 2. The molecule has 1 saturated heterocycles. The van der Waals surface area contributed by atoms with E-state index >= 15 is 4.39 Å². The third-order valence-corrected chi connectivity index (χ3v) is 7.70. The summed E-state index contributed by atoms with van der Waals surface area (Å²) in [5, 5.41) is 10.1. The number of piperazine rings is 1. The normalized spacial score (nSPS) is 16.6. The average Bonchev–Trinajstić information content (AvgIpc) is 3.71. The van der Waals surface area contributed by atoms with Crippen LogP contribution in [0.15, 0.2) is 48.7 Å². The summed E-state index contributed by atoms with van der Waals surface area (Å²) in [6, 6.07) is 9.10. The van der Waals surface area contributed by atoms with Gasteiger partial charge >= 0.3 is 12.2 Å². The molecule has 6 rings (SSSR count). The van der Waals surface area contributed by atoms with Gasteiger partial charge in [0.2, 0.25) is 0 Å². The summed E-state index contributed by atoms with van der Waals surface area (Å²) in [7, 11) is 1.98. The number of nitrogen functional groups attached to an aromatic ring is 1. The predicted molar refractivity (Wildman–Crippen MR) is 152 cm³/mol. The number of nitrogens with zero attached hydrogens (tertiary/aromatic N) is 5. The fourth-order valence-electron chi connectivity index (χ4n) is 5.26. The maximum absolute atomic E-state index is 15.2. The van der Waals surface area contributed by atoms with Gasteiger partial charge in [-0.3, -0.25) is 9.58 Å². The lowest BCUT2D eigenvalue weighted by atomic mass is 10.0. The van der Waals surface area contributed by atoms with E-state index in [1.807, 2.05) is 22.7 Å². The number of aromatic nitrogens is 3. The molecule has 0 spiro atoms. The van der Waals surface area contributed by atoms with E-state index in [0.717, 1.165) is 37.5 Å². The minimum atomic E-state index is -4.60. The topological polar surface area (TPSA) is 104 Å². The van der Waals surface area contributed by atoms with Crippen molar-refractivity contribution in [2.24, 2.45) is 0 Å². The molecule has 9 nitrogen and oxygen atoms in total. The van der Waals surface area contributed by atoms with Gasteiger partial charge in [-0.2, -0.15) is 18.3 Å². The summed E-state index contributed by atoms with van der Waals surface area (Å²) in [4.78, 5) is 20.9. The summed E-state index contributed by atoms with van der Waals surface area (Å²) in [6.07, 6.45) is -1.01. The average molecular weight is 583 g/mol. The van der Waals surface area contributed by atoms with Crippen molar-refractivity contribution in [1.29, 1.82) is 0 Å². The molecule has 2 aromatic heterocycles. The van der Waals surface area contributed by atoms with Crippen LogP contribution in [-0.4, -0.2) is 63.8 Å². The minimum absolute atomic E-state index is 0.0564. The molecule has 2 fully saturated rings. The summed E-state index contributed by atoms with van der Waals surface area (Å²) < 4.78 is 58.8. The van der Waals surface area contributed by atoms with Crippen molar-refractivity contribution in [3.8, 4) is 11.3 Å². The molecule has 0 unspecified atom stereocenters. The molecule has 0 radical (unpaired) electrons. The largest absolute Gasteiger partial charge is 0.416 e. The molecule has 3 heterocycles. The van der Waals surface area contributed by atoms with Crippen molar-refractivity contribution in [1.82, 2.24) is 24.6 Å². The lowest BCUT2D eigenvalue weighted by molar-refractivity contribution is -0.138. The summed E-state index contributed by atoms with van der Waals surface area (Å²) in [6.45, 7) is 3.06. The highest BCUT2D eigenvalue weighted by Gasteiger charge is 2.34. The number of amides is 2. The maximum Gasteiger partial charge on any atom is 0.416 e. The Morgan fingerprint density at radius 3 is 2.50 bits per heavy atom. The summed E-state index contributed by atoms with van der Waals surface area (Å²) in [5.41, 5.74) is 7.00. The molecule has 4 aromatic rings. The number of anilines is 3. The first-order valence-electron chi connectivity index (χ1n) is 13.7. The van der Waals surface area contributed by atoms with Crippen LogP contribution in [0.2, 0.25) is 0 Å². The zero-order valence-corrected chi connectivity index (χ0v) is 22.9. The van der Waals surface area contributed by atoms with E-state index in [1.165, 1.54) is 24.3 Å². The van der Waals surface area contributed by atoms with E-state index in [1.54, 1.807) is 12.3 Å². The maximum atomic E-state index is 15.2. The van der Waals surface area contributed by atoms with Gasteiger partial charge in [0, 0.05) is 50.2 Å². The molecule has 42 heavy (non-hydrogen) atoms. The lowest BCUT2D eigenvalue weighted by Gasteiger charge is -2.33. The van der Waals surface area contributed by atoms with Crippen molar-refractivity contribution in [2.75, 3.05) is 49.6 Å². The first-order valence-corrected chi connectivity index (χ1v) is 13.7. The summed E-state index contributed by atoms with van der Waals surface area (Å²) >= 11 is 0. The number of alkyl halides is 3. The third kappa shape index (κ3) is 5.74. The van der Waals surface area contributed by atoms with Crippen molar-refractivity contribution >= 4 is 34.1 Å². The van der Waals surface area contributed by atoms with E-state index in [2.05, 4.69) is 25.6 Å². The number of halogens is 4. The van der Waals surface area contributed by atoms with E-state index in [9.17, 15) is 18.0 Å². The predicted octanol–water partition coefficient (Wildman–Crippen LogP) is 5.56. The quantitative estimate of drug-likeness (QED) is 0.257. The van der Waals surface area contributed by atoms with Gasteiger partial charge in [-0.25, -0.2) is 14.2 Å². The van der Waals surface area contributed by atoms with Crippen LogP contribution in [0.3, 0.4) is 0 Å². The van der Waals surface area contributed by atoms with E-state index < -0.39 is 23.6 Å². The third-order valence-electron chi connectivity index (χ3n) is 7.70. The highest BCUT2D eigenvalue weighted by molar-refractivity contribution is 6.02. The number of carbonyl (C=O) groups is 1. The van der Waals surface area contributed by atoms with Gasteiger partial charge in [0.25, 0.3) is 0 Å². The van der Waals surface area contributed by atoms with Crippen molar-refractivity contribution in [2.45, 2.75) is 31.6 Å². The van der Waals surface area contributed by atoms with Crippen molar-refractivity contribution < 1.29 is 22.4 Å². The highest BCUT2D eigenvalue weighted by Crippen LogP contribution is 2.41. The number of nitrogens with two attached hydrogens (primary N) is 1. The van der Waals surface area contributed by atoms with Gasteiger partial charge in [0.1, 0.15) is 17.3 Å². The van der Waals surface area contributed by atoms with Crippen LogP contribution in [0.5, 0.6) is 0 Å². The Morgan fingerprint density at radius 1 is 1.05 bits per heavy atom. The van der Waals surface area contributed by atoms with Gasteiger partial charge in [-0.05, 0) is 55.8 Å². The molecule has 1 aliphatic heterocycles. The smallest absolute Gasteiger partial charge is 0.383 e. The zero-order chi connectivity index (χ0) is 29.6. The first-order chi connectivity index (χ1) is 20.1. The van der Waals surface area contributed by atoms with Gasteiger partial charge < -0.3 is 21.3 Å². The first kappa shape index (κ1) is 27.9. The van der Waals surface area contributed by atoms with Crippen LogP contribution in [0.1, 0.15) is 30.0 Å². The number of pyridine rings is 1. The van der Waals surface area contributed by atoms with E-state index in [-0.39, 0.29) is 35.3 Å². The molecule has 2 amide bonds. The lowest BCUT2D eigenvalue weighted by Crippen LogP contribution is -2.44. The molecular formula is C29H30F4N8O. The number of hydrogen-bond donors (Lipinski definition) is 3. The Morgan fingerprint density at radius 2 is 1.81 bits per heavy atom. The molecule has 1 aliphatic carbocycles. The Bertz CT molecular complexity index is 1640. The fourth-order valence-corrected chi connectivity index (χ4v) is 5.26.